The highest BCUT2D eigenvalue weighted by Crippen LogP contribution is 2.30. The summed E-state index contributed by atoms with van der Waals surface area (Å²) in [4.78, 5) is 16.8. The molecule has 8 nitrogen and oxygen atoms in total. The van der Waals surface area contributed by atoms with Crippen LogP contribution in [0.3, 0.4) is 0 Å². The van der Waals surface area contributed by atoms with Crippen LogP contribution in [0.5, 0.6) is 0 Å². The molecule has 0 aliphatic carbocycles. The molecule has 0 saturated carbocycles. The van der Waals surface area contributed by atoms with Gasteiger partial charge in [-0.25, -0.2) is 4.98 Å². The van der Waals surface area contributed by atoms with E-state index in [0.29, 0.717) is 34.9 Å². The number of aromatic nitrogens is 4. The van der Waals surface area contributed by atoms with E-state index in [1.165, 1.54) is 18.0 Å². The van der Waals surface area contributed by atoms with Crippen molar-refractivity contribution in [3.05, 3.63) is 102 Å². The first kappa shape index (κ1) is 21.7. The highest BCUT2D eigenvalue weighted by molar-refractivity contribution is 7.98. The fourth-order valence-electron chi connectivity index (χ4n) is 3.41. The Bertz CT molecular complexity index is 1390. The van der Waals surface area contributed by atoms with Gasteiger partial charge in [0.05, 0.1) is 17.7 Å². The third kappa shape index (κ3) is 4.79. The van der Waals surface area contributed by atoms with Gasteiger partial charge in [-0.05, 0) is 42.3 Å². The lowest BCUT2D eigenvalue weighted by Crippen LogP contribution is -2.23. The van der Waals surface area contributed by atoms with Gasteiger partial charge in [0.1, 0.15) is 6.26 Å². The second kappa shape index (κ2) is 9.80. The van der Waals surface area contributed by atoms with Gasteiger partial charge in [-0.1, -0.05) is 54.2 Å². The van der Waals surface area contributed by atoms with Gasteiger partial charge in [-0.2, -0.15) is 0 Å². The summed E-state index contributed by atoms with van der Waals surface area (Å²) in [6.45, 7) is 2.45. The van der Waals surface area contributed by atoms with E-state index in [1.54, 1.807) is 6.26 Å². The molecule has 0 atom stereocenters. The Hall–Kier alpha value is -4.11. The maximum absolute atomic E-state index is 12.4. The number of hydrogen-bond donors (Lipinski definition) is 1. The van der Waals surface area contributed by atoms with Crippen LogP contribution < -0.4 is 5.32 Å². The maximum Gasteiger partial charge on any atom is 0.273 e. The first-order chi connectivity index (χ1) is 16.7. The van der Waals surface area contributed by atoms with E-state index in [9.17, 15) is 4.79 Å². The molecule has 2 aromatic carbocycles. The van der Waals surface area contributed by atoms with Crippen LogP contribution in [-0.2, 0) is 12.3 Å². The second-order valence-corrected chi connectivity index (χ2v) is 8.48. The normalized spacial score (nSPS) is 11.0. The number of nitrogens with zero attached hydrogens (tertiary/aromatic N) is 4. The van der Waals surface area contributed by atoms with Crippen molar-refractivity contribution in [1.82, 2.24) is 25.1 Å². The molecule has 0 radical (unpaired) electrons. The topological polar surface area (TPSA) is 99.0 Å². The lowest BCUT2D eigenvalue weighted by molar-refractivity contribution is 0.0946. The van der Waals surface area contributed by atoms with Gasteiger partial charge in [0.2, 0.25) is 11.7 Å². The maximum atomic E-state index is 12.4. The number of furan rings is 1. The quantitative estimate of drug-likeness (QED) is 0.316. The average Bonchev–Trinajstić information content (AvgIpc) is 3.62. The molecule has 3 aromatic heterocycles. The number of carbonyl (C=O) groups is 1. The fraction of sp³-hybridized carbons (Fsp3) is 0.120. The molecule has 34 heavy (non-hydrogen) atoms. The van der Waals surface area contributed by atoms with Crippen molar-refractivity contribution in [2.45, 2.75) is 24.4 Å². The van der Waals surface area contributed by atoms with Crippen molar-refractivity contribution in [1.29, 1.82) is 0 Å². The first-order valence-corrected chi connectivity index (χ1v) is 11.6. The number of hydrogen-bond acceptors (Lipinski definition) is 7. The largest absolute Gasteiger partial charge is 0.461 e. The standard InChI is InChI=1S/C25H21N5O3S/c1-17-7-5-10-19(13-17)30-23(21-11-6-12-32-21)28-29-25(30)34-16-22-27-20(15-33-22)24(31)26-14-18-8-3-2-4-9-18/h2-13,15H,14,16H2,1H3,(H,26,31). The monoisotopic (exact) mass is 471 g/mol. The molecule has 5 rings (SSSR count). The SMILES string of the molecule is Cc1cccc(-n2c(SCc3nc(C(=O)NCc4ccccc4)co3)nnc2-c2ccco2)c1. The van der Waals surface area contributed by atoms with Crippen LogP contribution in [0.15, 0.2) is 93.2 Å². The molecule has 0 aliphatic rings. The third-order valence-electron chi connectivity index (χ3n) is 5.04. The summed E-state index contributed by atoms with van der Waals surface area (Å²) in [7, 11) is 0. The summed E-state index contributed by atoms with van der Waals surface area (Å²) in [5.74, 6) is 1.74. The predicted octanol–water partition coefficient (Wildman–Crippen LogP) is 5.05. The van der Waals surface area contributed by atoms with Crippen molar-refractivity contribution < 1.29 is 13.6 Å². The summed E-state index contributed by atoms with van der Waals surface area (Å²) in [6, 6.07) is 21.4. The van der Waals surface area contributed by atoms with Crippen molar-refractivity contribution in [2.75, 3.05) is 0 Å². The number of amides is 1. The van der Waals surface area contributed by atoms with Crippen LogP contribution in [0.1, 0.15) is 27.5 Å². The number of aryl methyl sites for hydroxylation is 1. The zero-order chi connectivity index (χ0) is 23.3. The molecule has 0 bridgehead atoms. The Kier molecular flexibility index (Phi) is 6.26. The van der Waals surface area contributed by atoms with E-state index in [2.05, 4.69) is 26.6 Å². The smallest absolute Gasteiger partial charge is 0.273 e. The minimum absolute atomic E-state index is 0.239. The van der Waals surface area contributed by atoms with Gasteiger partial charge in [-0.3, -0.25) is 9.36 Å². The number of thioether (sulfide) groups is 1. The van der Waals surface area contributed by atoms with Crippen LogP contribution in [0.2, 0.25) is 0 Å². The summed E-state index contributed by atoms with van der Waals surface area (Å²) in [5.41, 5.74) is 3.29. The Morgan fingerprint density at radius 1 is 1.03 bits per heavy atom. The van der Waals surface area contributed by atoms with Crippen molar-refractivity contribution in [2.24, 2.45) is 0 Å². The molecule has 170 valence electrons. The molecular weight excluding hydrogens is 450 g/mol. The van der Waals surface area contributed by atoms with Crippen molar-refractivity contribution >= 4 is 17.7 Å². The Morgan fingerprint density at radius 3 is 2.71 bits per heavy atom. The van der Waals surface area contributed by atoms with E-state index in [4.69, 9.17) is 8.83 Å². The molecule has 0 saturated heterocycles. The molecular formula is C25H21N5O3S. The average molecular weight is 472 g/mol. The van der Waals surface area contributed by atoms with Crippen molar-refractivity contribution in [3.63, 3.8) is 0 Å². The highest BCUT2D eigenvalue weighted by atomic mass is 32.2. The van der Waals surface area contributed by atoms with Gasteiger partial charge in [0.25, 0.3) is 5.91 Å². The van der Waals surface area contributed by atoms with Gasteiger partial charge >= 0.3 is 0 Å². The molecule has 9 heteroatoms. The van der Waals surface area contributed by atoms with Gasteiger partial charge in [0, 0.05) is 6.54 Å². The summed E-state index contributed by atoms with van der Waals surface area (Å²) in [5, 5.41) is 12.2. The third-order valence-corrected chi connectivity index (χ3v) is 5.95. The number of nitrogens with one attached hydrogen (secondary N) is 1. The first-order valence-electron chi connectivity index (χ1n) is 10.6. The Morgan fingerprint density at radius 2 is 1.91 bits per heavy atom. The highest BCUT2D eigenvalue weighted by Gasteiger charge is 2.19. The molecule has 0 spiro atoms. The van der Waals surface area contributed by atoms with Gasteiger partial charge < -0.3 is 14.2 Å². The number of oxazole rings is 1. The lowest BCUT2D eigenvalue weighted by atomic mass is 10.2. The van der Waals surface area contributed by atoms with Crippen molar-refractivity contribution in [3.8, 4) is 17.3 Å². The van der Waals surface area contributed by atoms with E-state index in [1.807, 2.05) is 72.2 Å². The molecule has 0 fully saturated rings. The molecule has 5 aromatic rings. The zero-order valence-corrected chi connectivity index (χ0v) is 19.2. The molecule has 0 aliphatic heterocycles. The summed E-state index contributed by atoms with van der Waals surface area (Å²) in [6.07, 6.45) is 2.98. The lowest BCUT2D eigenvalue weighted by Gasteiger charge is -2.09. The van der Waals surface area contributed by atoms with Crippen LogP contribution >= 0.6 is 11.8 Å². The van der Waals surface area contributed by atoms with E-state index in [-0.39, 0.29) is 11.6 Å². The van der Waals surface area contributed by atoms with E-state index >= 15 is 0 Å². The van der Waals surface area contributed by atoms with Crippen LogP contribution in [-0.4, -0.2) is 25.7 Å². The summed E-state index contributed by atoms with van der Waals surface area (Å²) < 4.78 is 13.0. The number of benzene rings is 2. The number of rotatable bonds is 8. The predicted molar refractivity (Wildman–Crippen MR) is 127 cm³/mol. The minimum atomic E-state index is -0.285. The van der Waals surface area contributed by atoms with E-state index < -0.39 is 0 Å². The Labute approximate surface area is 200 Å². The van der Waals surface area contributed by atoms with Gasteiger partial charge in [0.15, 0.2) is 16.6 Å². The minimum Gasteiger partial charge on any atom is -0.461 e. The molecule has 3 heterocycles. The van der Waals surface area contributed by atoms with Crippen LogP contribution in [0.25, 0.3) is 17.3 Å². The molecule has 1 amide bonds. The zero-order valence-electron chi connectivity index (χ0n) is 18.3. The summed E-state index contributed by atoms with van der Waals surface area (Å²) >= 11 is 1.41. The molecule has 0 unspecified atom stereocenters. The van der Waals surface area contributed by atoms with Crippen LogP contribution in [0, 0.1) is 6.92 Å². The van der Waals surface area contributed by atoms with Crippen LogP contribution in [0.4, 0.5) is 0 Å². The fourth-order valence-corrected chi connectivity index (χ4v) is 4.21. The van der Waals surface area contributed by atoms with Gasteiger partial charge in [-0.15, -0.1) is 10.2 Å². The van der Waals surface area contributed by atoms with E-state index in [0.717, 1.165) is 16.8 Å². The number of carbonyl (C=O) groups excluding carboxylic acids is 1. The second-order valence-electron chi connectivity index (χ2n) is 7.54. The Balaban J connectivity index is 1.31. The molecule has 1 N–H and O–H groups in total.